The van der Waals surface area contributed by atoms with Gasteiger partial charge in [0.2, 0.25) is 11.8 Å². The highest BCUT2D eigenvalue weighted by Gasteiger charge is 2.41. The van der Waals surface area contributed by atoms with Crippen molar-refractivity contribution in [3.8, 4) is 5.88 Å². The second kappa shape index (κ2) is 11.6. The number of aromatic nitrogens is 4. The van der Waals surface area contributed by atoms with E-state index in [0.29, 0.717) is 30.5 Å². The maximum atomic E-state index is 12.9. The van der Waals surface area contributed by atoms with Crippen LogP contribution in [0.3, 0.4) is 0 Å². The van der Waals surface area contributed by atoms with Crippen LogP contribution < -0.4 is 10.1 Å². The van der Waals surface area contributed by atoms with Gasteiger partial charge in [-0.3, -0.25) is 4.79 Å². The van der Waals surface area contributed by atoms with E-state index in [4.69, 9.17) is 16.3 Å². The molecule has 0 amide bonds. The molecule has 0 radical (unpaired) electrons. The zero-order valence-corrected chi connectivity index (χ0v) is 21.0. The number of anilines is 2. The zero-order valence-electron chi connectivity index (χ0n) is 20.3. The standard InChI is InChI=1S/C25H25ClF5N5O2/c1-13-9-10-32-21(26)20(13)34-24-33-17-11-16(23(35-22(17)36-24)38-12-19(27)28)18(37)4-2-3-14-5-7-15(8-6-14)25(29,30)31/h2,4,9-11,14-15,19H,3,5-8,12H2,1H3,(H2,33,34,35,36)/b4-2+. The average Bonchev–Trinajstić information content (AvgIpc) is 3.25. The number of fused-ring (bicyclic) bond motifs is 1. The molecule has 3 aromatic heterocycles. The van der Waals surface area contributed by atoms with Gasteiger partial charge in [-0.1, -0.05) is 17.7 Å². The van der Waals surface area contributed by atoms with E-state index in [9.17, 15) is 26.7 Å². The van der Waals surface area contributed by atoms with Crippen LogP contribution in [0.5, 0.6) is 5.88 Å². The number of allylic oxidation sites excluding steroid dienone is 2. The van der Waals surface area contributed by atoms with Crippen molar-refractivity contribution in [2.75, 3.05) is 11.9 Å². The number of alkyl halides is 5. The molecule has 13 heteroatoms. The molecule has 0 aliphatic heterocycles. The van der Waals surface area contributed by atoms with Crippen LogP contribution in [0.15, 0.2) is 30.5 Å². The van der Waals surface area contributed by atoms with Crippen molar-refractivity contribution in [2.45, 2.75) is 51.6 Å². The lowest BCUT2D eigenvalue weighted by Gasteiger charge is -2.29. The van der Waals surface area contributed by atoms with Gasteiger partial charge in [-0.25, -0.2) is 13.8 Å². The molecule has 38 heavy (non-hydrogen) atoms. The zero-order chi connectivity index (χ0) is 27.4. The number of aromatic amines is 1. The smallest absolute Gasteiger partial charge is 0.391 e. The summed E-state index contributed by atoms with van der Waals surface area (Å²) in [5, 5.41) is 3.22. The Labute approximate surface area is 219 Å². The number of carbonyl (C=O) groups is 1. The Kier molecular flexibility index (Phi) is 8.49. The first-order valence-corrected chi connectivity index (χ1v) is 12.4. The van der Waals surface area contributed by atoms with Gasteiger partial charge in [-0.2, -0.15) is 23.1 Å². The van der Waals surface area contributed by atoms with Gasteiger partial charge in [0.05, 0.1) is 22.7 Å². The topological polar surface area (TPSA) is 92.8 Å². The number of nitrogens with zero attached hydrogens (tertiary/aromatic N) is 3. The largest absolute Gasteiger partial charge is 0.471 e. The number of imidazole rings is 1. The summed E-state index contributed by atoms with van der Waals surface area (Å²) >= 11 is 6.15. The molecule has 0 aromatic carbocycles. The summed E-state index contributed by atoms with van der Waals surface area (Å²) in [6.45, 7) is 0.850. The first-order valence-electron chi connectivity index (χ1n) is 12.0. The normalized spacial score (nSPS) is 18.4. The molecule has 1 aliphatic rings. The van der Waals surface area contributed by atoms with Gasteiger partial charge in [0.25, 0.3) is 6.43 Å². The number of H-pyrrole nitrogens is 1. The average molecular weight is 558 g/mol. The van der Waals surface area contributed by atoms with Crippen molar-refractivity contribution in [3.63, 3.8) is 0 Å². The predicted molar refractivity (Wildman–Crippen MR) is 132 cm³/mol. The van der Waals surface area contributed by atoms with E-state index in [0.717, 1.165) is 5.56 Å². The van der Waals surface area contributed by atoms with Crippen LogP contribution >= 0.6 is 11.6 Å². The Morgan fingerprint density at radius 2 is 2.00 bits per heavy atom. The number of ketones is 1. The van der Waals surface area contributed by atoms with Crippen LogP contribution in [0, 0.1) is 18.8 Å². The molecule has 1 fully saturated rings. The third-order valence-corrected chi connectivity index (χ3v) is 6.74. The first-order chi connectivity index (χ1) is 18.0. The van der Waals surface area contributed by atoms with Crippen molar-refractivity contribution in [1.29, 1.82) is 0 Å². The Hall–Kier alpha value is -3.28. The summed E-state index contributed by atoms with van der Waals surface area (Å²) in [7, 11) is 0. The number of carbonyl (C=O) groups excluding carboxylic acids is 1. The number of pyridine rings is 2. The molecule has 1 saturated carbocycles. The molecule has 1 aliphatic carbocycles. The Morgan fingerprint density at radius 1 is 1.26 bits per heavy atom. The molecule has 3 heterocycles. The summed E-state index contributed by atoms with van der Waals surface area (Å²) in [5.41, 5.74) is 1.72. The van der Waals surface area contributed by atoms with Crippen molar-refractivity contribution >= 4 is 40.2 Å². The van der Waals surface area contributed by atoms with Crippen LogP contribution in [-0.4, -0.2) is 44.9 Å². The van der Waals surface area contributed by atoms with E-state index in [2.05, 4.69) is 25.3 Å². The van der Waals surface area contributed by atoms with E-state index < -0.39 is 30.9 Å². The van der Waals surface area contributed by atoms with Gasteiger partial charge < -0.3 is 15.0 Å². The predicted octanol–water partition coefficient (Wildman–Crippen LogP) is 7.20. The fourth-order valence-corrected chi connectivity index (χ4v) is 4.64. The molecule has 0 atom stereocenters. The quantitative estimate of drug-likeness (QED) is 0.125. The highest BCUT2D eigenvalue weighted by molar-refractivity contribution is 6.32. The van der Waals surface area contributed by atoms with Crippen LogP contribution in [-0.2, 0) is 0 Å². The van der Waals surface area contributed by atoms with Crippen LogP contribution in [0.2, 0.25) is 5.15 Å². The molecule has 0 saturated heterocycles. The summed E-state index contributed by atoms with van der Waals surface area (Å²) < 4.78 is 69.4. The molecule has 204 valence electrons. The van der Waals surface area contributed by atoms with Crippen LogP contribution in [0.25, 0.3) is 11.2 Å². The minimum atomic E-state index is -4.18. The highest BCUT2D eigenvalue weighted by atomic mass is 35.5. The number of halogens is 6. The Balaban J connectivity index is 1.51. The number of hydrogen-bond donors (Lipinski definition) is 2. The molecular weight excluding hydrogens is 533 g/mol. The molecule has 0 spiro atoms. The Bertz CT molecular complexity index is 1300. The van der Waals surface area contributed by atoms with Crippen molar-refractivity contribution in [3.05, 3.63) is 46.8 Å². The van der Waals surface area contributed by atoms with Gasteiger partial charge >= 0.3 is 6.18 Å². The van der Waals surface area contributed by atoms with Gasteiger partial charge in [0.15, 0.2) is 23.2 Å². The molecular formula is C25H25ClF5N5O2. The van der Waals surface area contributed by atoms with Gasteiger partial charge in [-0.05, 0) is 68.7 Å². The van der Waals surface area contributed by atoms with Crippen molar-refractivity contribution in [2.24, 2.45) is 11.8 Å². The van der Waals surface area contributed by atoms with Crippen LogP contribution in [0.4, 0.5) is 33.6 Å². The molecule has 2 N–H and O–H groups in total. The molecule has 0 unspecified atom stereocenters. The number of ether oxygens (including phenoxy) is 1. The lowest BCUT2D eigenvalue weighted by Crippen LogP contribution is -2.27. The van der Waals surface area contributed by atoms with E-state index in [1.165, 1.54) is 12.1 Å². The van der Waals surface area contributed by atoms with Crippen molar-refractivity contribution < 1.29 is 31.5 Å². The first kappa shape index (κ1) is 27.7. The number of nitrogens with one attached hydrogen (secondary N) is 2. The molecule has 0 bridgehead atoms. The van der Waals surface area contributed by atoms with E-state index in [-0.39, 0.29) is 47.0 Å². The van der Waals surface area contributed by atoms with E-state index >= 15 is 0 Å². The van der Waals surface area contributed by atoms with E-state index in [1.807, 2.05) is 6.92 Å². The SMILES string of the molecule is Cc1ccnc(Cl)c1Nc1nc2nc(OCC(F)F)c(C(=O)/C=C/CC3CCC(C(F)(F)F)CC3)cc2[nH]1. The minimum Gasteiger partial charge on any atom is -0.471 e. The minimum absolute atomic E-state index is 0.0387. The van der Waals surface area contributed by atoms with Gasteiger partial charge in [0.1, 0.15) is 0 Å². The molecule has 3 aromatic rings. The van der Waals surface area contributed by atoms with Gasteiger partial charge in [-0.15, -0.1) is 0 Å². The summed E-state index contributed by atoms with van der Waals surface area (Å²) in [6.07, 6.45) is -1.14. The Morgan fingerprint density at radius 3 is 2.66 bits per heavy atom. The van der Waals surface area contributed by atoms with Crippen molar-refractivity contribution in [1.82, 2.24) is 19.9 Å². The third-order valence-electron chi connectivity index (χ3n) is 6.45. The summed E-state index contributed by atoms with van der Waals surface area (Å²) in [4.78, 5) is 28.4. The maximum Gasteiger partial charge on any atom is 0.391 e. The summed E-state index contributed by atoms with van der Waals surface area (Å²) in [6, 6.07) is 3.15. The molecule has 4 rings (SSSR count). The number of aryl methyl sites for hydroxylation is 1. The monoisotopic (exact) mass is 557 g/mol. The number of rotatable bonds is 9. The second-order valence-electron chi connectivity index (χ2n) is 9.18. The maximum absolute atomic E-state index is 12.9. The fraction of sp³-hybridized carbons (Fsp3) is 0.440. The molecule has 7 nitrogen and oxygen atoms in total. The lowest BCUT2D eigenvalue weighted by molar-refractivity contribution is -0.183. The highest BCUT2D eigenvalue weighted by Crippen LogP contribution is 2.40. The lowest BCUT2D eigenvalue weighted by atomic mass is 9.80. The summed E-state index contributed by atoms with van der Waals surface area (Å²) in [5.74, 6) is -1.84. The number of hydrogen-bond acceptors (Lipinski definition) is 6. The second-order valence-corrected chi connectivity index (χ2v) is 9.54. The van der Waals surface area contributed by atoms with Gasteiger partial charge in [0, 0.05) is 6.20 Å². The fourth-order valence-electron chi connectivity index (χ4n) is 4.39. The van der Waals surface area contributed by atoms with E-state index in [1.54, 1.807) is 18.3 Å². The third kappa shape index (κ3) is 6.77. The van der Waals surface area contributed by atoms with Crippen LogP contribution in [0.1, 0.15) is 48.0 Å².